The summed E-state index contributed by atoms with van der Waals surface area (Å²) in [6, 6.07) is 14.1. The number of ether oxygens (including phenoxy) is 2. The van der Waals surface area contributed by atoms with E-state index in [1.165, 1.54) is 75.7 Å². The molecule has 1 saturated carbocycles. The van der Waals surface area contributed by atoms with Crippen molar-refractivity contribution in [2.45, 2.75) is 76.3 Å². The van der Waals surface area contributed by atoms with Gasteiger partial charge in [0.15, 0.2) is 0 Å². The van der Waals surface area contributed by atoms with Gasteiger partial charge in [-0.3, -0.25) is 14.6 Å². The lowest BCUT2D eigenvalue weighted by Gasteiger charge is -2.53. The summed E-state index contributed by atoms with van der Waals surface area (Å²) in [7, 11) is 5.54. The number of para-hydroxylation sites is 1. The quantitative estimate of drug-likeness (QED) is 0.182. The SMILES string of the molecule is CC=C1CN(C)[C@H]2Cc3c([nH]c4ccccc34)[C@H](c3cc4[nH]c5c(c4cc3OC)CCN3C[C@H]4C[C@H](CC)[C@@H]3[C@@H]5C4)C[C@@H]1[C@@H]2C(=O)OC. The number of likely N-dealkylation sites (tertiary alicyclic amines) is 1. The summed E-state index contributed by atoms with van der Waals surface area (Å²) in [6.07, 6.45) is 8.91. The minimum atomic E-state index is -0.239. The van der Waals surface area contributed by atoms with Crippen molar-refractivity contribution in [1.82, 2.24) is 19.8 Å². The Balaban J connectivity index is 1.23. The average Bonchev–Trinajstić information content (AvgIpc) is 3.62. The van der Waals surface area contributed by atoms with Gasteiger partial charge in [0.05, 0.1) is 20.1 Å². The topological polar surface area (TPSA) is 73.6 Å². The number of aromatic amines is 2. The van der Waals surface area contributed by atoms with Crippen molar-refractivity contribution in [2.24, 2.45) is 23.7 Å². The molecule has 0 spiro atoms. The van der Waals surface area contributed by atoms with E-state index in [4.69, 9.17) is 9.47 Å². The number of H-pyrrole nitrogens is 2. The number of aromatic nitrogens is 2. The zero-order valence-electron chi connectivity index (χ0n) is 29.1. The fraction of sp³-hybridized carbons (Fsp3) is 0.537. The van der Waals surface area contributed by atoms with Crippen LogP contribution in [0.15, 0.2) is 48.0 Å². The van der Waals surface area contributed by atoms with Crippen molar-refractivity contribution in [3.05, 3.63) is 76.1 Å². The minimum Gasteiger partial charge on any atom is -0.496 e. The Morgan fingerprint density at radius 1 is 1.00 bits per heavy atom. The lowest BCUT2D eigenvalue weighted by molar-refractivity contribution is -0.151. The molecular formula is C41H50N4O3. The number of rotatable bonds is 4. The Kier molecular flexibility index (Phi) is 7.32. The van der Waals surface area contributed by atoms with E-state index >= 15 is 0 Å². The Bertz CT molecular complexity index is 1940. The first-order valence-corrected chi connectivity index (χ1v) is 18.4. The van der Waals surface area contributed by atoms with Crippen LogP contribution >= 0.6 is 0 Å². The zero-order valence-corrected chi connectivity index (χ0v) is 29.1. The summed E-state index contributed by atoms with van der Waals surface area (Å²) in [5.74, 6) is 2.89. The van der Waals surface area contributed by atoms with E-state index in [2.05, 4.69) is 83.1 Å². The number of benzene rings is 2. The van der Waals surface area contributed by atoms with Crippen LogP contribution in [0.3, 0.4) is 0 Å². The van der Waals surface area contributed by atoms with Gasteiger partial charge in [-0.15, -0.1) is 0 Å². The molecule has 4 aliphatic heterocycles. The summed E-state index contributed by atoms with van der Waals surface area (Å²) >= 11 is 0. The number of nitrogens with zero attached hydrogens (tertiary/aromatic N) is 2. The molecule has 6 heterocycles. The van der Waals surface area contributed by atoms with Crippen LogP contribution < -0.4 is 4.74 Å². The Labute approximate surface area is 284 Å². The minimum absolute atomic E-state index is 0.0250. The van der Waals surface area contributed by atoms with Gasteiger partial charge in [0.1, 0.15) is 5.75 Å². The standard InChI is InChI=1S/C41H50N4O3/c1-6-23-14-22-15-32-38-26(12-13-45(20-22)40(23)32)28-19-36(47-4)29(17-34(28)43-38)30-16-27-24(7-2)21-44(3)35(37(27)41(46)48-5)18-31-25-10-8-9-11-33(25)42-39(30)31/h7-11,17,19,22-23,27,30,32,35,37,40,42-43H,6,12-16,18,20-21H2,1-5H3/t22-,23-,27-,30-,32+,35-,37-,40+/m0/s1. The van der Waals surface area contributed by atoms with Gasteiger partial charge >= 0.3 is 5.97 Å². The molecule has 1 unspecified atom stereocenters. The zero-order chi connectivity index (χ0) is 32.8. The maximum atomic E-state index is 13.7. The van der Waals surface area contributed by atoms with Gasteiger partial charge in [-0.05, 0) is 93.2 Å². The maximum absolute atomic E-state index is 13.7. The fourth-order valence-corrected chi connectivity index (χ4v) is 11.4. The maximum Gasteiger partial charge on any atom is 0.310 e. The number of allylic oxidation sites excluding steroid dienone is 1. The lowest BCUT2D eigenvalue weighted by atomic mass is 9.65. The molecule has 7 heteroatoms. The van der Waals surface area contributed by atoms with Crippen LogP contribution in [0, 0.1) is 23.7 Å². The number of hydrogen-bond acceptors (Lipinski definition) is 5. The Morgan fingerprint density at radius 3 is 2.62 bits per heavy atom. The highest BCUT2D eigenvalue weighted by Gasteiger charge is 2.50. The van der Waals surface area contributed by atoms with Crippen LogP contribution in [0.5, 0.6) is 5.75 Å². The molecule has 252 valence electrons. The molecule has 3 saturated heterocycles. The summed E-state index contributed by atoms with van der Waals surface area (Å²) in [5.41, 5.74) is 10.5. The van der Waals surface area contributed by atoms with E-state index < -0.39 is 0 Å². The van der Waals surface area contributed by atoms with Gasteiger partial charge in [0, 0.05) is 82.3 Å². The Morgan fingerprint density at radius 2 is 1.83 bits per heavy atom. The molecule has 2 N–H and O–H groups in total. The predicted octanol–water partition coefficient (Wildman–Crippen LogP) is 7.16. The van der Waals surface area contributed by atoms with Crippen molar-refractivity contribution in [3.8, 4) is 5.75 Å². The van der Waals surface area contributed by atoms with Crippen LogP contribution in [-0.4, -0.2) is 78.7 Å². The number of likely N-dealkylation sites (N-methyl/N-ethyl adjacent to an activating group) is 1. The van der Waals surface area contributed by atoms with Crippen LogP contribution in [0.25, 0.3) is 21.8 Å². The van der Waals surface area contributed by atoms with E-state index in [9.17, 15) is 4.79 Å². The molecule has 4 fully saturated rings. The number of fused-ring (bicyclic) bond motifs is 9. The van der Waals surface area contributed by atoms with Gasteiger partial charge in [0.25, 0.3) is 0 Å². The van der Waals surface area contributed by atoms with Crippen molar-refractivity contribution in [2.75, 3.05) is 40.9 Å². The molecule has 6 bridgehead atoms. The van der Waals surface area contributed by atoms with Crippen molar-refractivity contribution in [1.29, 1.82) is 0 Å². The molecule has 0 radical (unpaired) electrons. The second-order valence-corrected chi connectivity index (χ2v) is 15.6. The van der Waals surface area contributed by atoms with E-state index in [1.807, 2.05) is 7.11 Å². The van der Waals surface area contributed by atoms with Gasteiger partial charge in [0.2, 0.25) is 0 Å². The van der Waals surface area contributed by atoms with Crippen LogP contribution in [-0.2, 0) is 22.4 Å². The smallest absolute Gasteiger partial charge is 0.310 e. The van der Waals surface area contributed by atoms with Crippen molar-refractivity contribution in [3.63, 3.8) is 0 Å². The molecule has 10 rings (SSSR count). The van der Waals surface area contributed by atoms with E-state index in [0.29, 0.717) is 12.0 Å². The largest absolute Gasteiger partial charge is 0.496 e. The predicted molar refractivity (Wildman–Crippen MR) is 191 cm³/mol. The van der Waals surface area contributed by atoms with Gasteiger partial charge < -0.3 is 19.4 Å². The molecule has 48 heavy (non-hydrogen) atoms. The molecule has 7 nitrogen and oxygen atoms in total. The number of piperidine rings is 3. The summed E-state index contributed by atoms with van der Waals surface area (Å²) in [6.45, 7) is 7.81. The van der Waals surface area contributed by atoms with Crippen molar-refractivity contribution >= 4 is 27.8 Å². The Hall–Kier alpha value is -3.55. The number of methoxy groups -OCH3 is 2. The molecule has 4 aromatic rings. The molecule has 6 aliphatic rings. The van der Waals surface area contributed by atoms with Crippen molar-refractivity contribution < 1.29 is 14.3 Å². The third-order valence-electron chi connectivity index (χ3n) is 13.5. The molecular weight excluding hydrogens is 596 g/mol. The lowest BCUT2D eigenvalue weighted by Crippen LogP contribution is -2.56. The van der Waals surface area contributed by atoms with Crippen LogP contribution in [0.1, 0.15) is 79.4 Å². The van der Waals surface area contributed by atoms with E-state index in [-0.39, 0.29) is 29.8 Å². The number of nitrogens with one attached hydrogen (secondary N) is 2. The van der Waals surface area contributed by atoms with Gasteiger partial charge in [-0.1, -0.05) is 43.2 Å². The second kappa shape index (κ2) is 11.5. The number of carbonyl (C=O) groups is 1. The molecule has 9 atom stereocenters. The van der Waals surface area contributed by atoms with Gasteiger partial charge in [-0.25, -0.2) is 0 Å². The summed E-state index contributed by atoms with van der Waals surface area (Å²) < 4.78 is 11.9. The third kappa shape index (κ3) is 4.42. The fourth-order valence-electron chi connectivity index (χ4n) is 11.4. The second-order valence-electron chi connectivity index (χ2n) is 15.6. The van der Waals surface area contributed by atoms with Crippen LogP contribution in [0.2, 0.25) is 0 Å². The number of hydrogen-bond donors (Lipinski definition) is 2. The molecule has 0 amide bonds. The highest BCUT2D eigenvalue weighted by atomic mass is 16.5. The number of esters is 1. The normalized spacial score (nSPS) is 33.6. The van der Waals surface area contributed by atoms with E-state index in [1.54, 1.807) is 7.11 Å². The first-order valence-electron chi connectivity index (χ1n) is 18.4. The van der Waals surface area contributed by atoms with Gasteiger partial charge in [-0.2, -0.15) is 0 Å². The average molecular weight is 647 g/mol. The van der Waals surface area contributed by atoms with E-state index in [0.717, 1.165) is 55.5 Å². The first-order chi connectivity index (χ1) is 23.4. The molecule has 2 aliphatic carbocycles. The summed E-state index contributed by atoms with van der Waals surface area (Å²) in [4.78, 5) is 26.9. The monoisotopic (exact) mass is 646 g/mol. The summed E-state index contributed by atoms with van der Waals surface area (Å²) in [5, 5.41) is 2.57. The van der Waals surface area contributed by atoms with Crippen LogP contribution in [0.4, 0.5) is 0 Å². The molecule has 2 aromatic heterocycles. The third-order valence-corrected chi connectivity index (χ3v) is 13.5. The molecule has 2 aromatic carbocycles. The first kappa shape index (κ1) is 30.5. The highest BCUT2D eigenvalue weighted by molar-refractivity contribution is 5.89. The number of carbonyl (C=O) groups excluding carboxylic acids is 1. The highest BCUT2D eigenvalue weighted by Crippen LogP contribution is 2.53.